The van der Waals surface area contributed by atoms with E-state index in [0.29, 0.717) is 16.4 Å². The highest BCUT2D eigenvalue weighted by Gasteiger charge is 2.05. The van der Waals surface area contributed by atoms with Crippen LogP contribution in [0.25, 0.3) is 11.7 Å². The number of aromatic nitrogens is 3. The fraction of sp³-hybridized carbons (Fsp3) is 0. The monoisotopic (exact) mass is 225 g/mol. The molecule has 2 heterocycles. The fourth-order valence-electron chi connectivity index (χ4n) is 0.767. The normalized spacial score (nSPS) is 10.1. The predicted octanol–water partition coefficient (Wildman–Crippen LogP) is 1.89. The van der Waals surface area contributed by atoms with Gasteiger partial charge >= 0.3 is 0 Å². The lowest BCUT2D eigenvalue weighted by Gasteiger charge is -1.89. The Bertz CT molecular complexity index is 373. The van der Waals surface area contributed by atoms with Crippen molar-refractivity contribution in [1.29, 1.82) is 0 Å². The van der Waals surface area contributed by atoms with Crippen LogP contribution in [0.1, 0.15) is 0 Å². The molecule has 0 bridgehead atoms. The number of nitrogens with zero attached hydrogens (tertiary/aromatic N) is 3. The van der Waals surface area contributed by atoms with Crippen LogP contribution in [0.15, 0.2) is 33.7 Å². The Labute approximate surface area is 76.8 Å². The van der Waals surface area contributed by atoms with Crippen LogP contribution >= 0.6 is 15.9 Å². The number of halogens is 1. The van der Waals surface area contributed by atoms with Crippen molar-refractivity contribution in [3.63, 3.8) is 0 Å². The van der Waals surface area contributed by atoms with Crippen LogP contribution in [-0.2, 0) is 0 Å². The zero-order chi connectivity index (χ0) is 8.39. The van der Waals surface area contributed by atoms with Gasteiger partial charge in [-0.15, -0.1) is 0 Å². The third-order valence-electron chi connectivity index (χ3n) is 1.23. The minimum absolute atomic E-state index is 0.419. The maximum absolute atomic E-state index is 5.15. The van der Waals surface area contributed by atoms with Crippen LogP contribution in [0.4, 0.5) is 0 Å². The largest absolute Gasteiger partial charge is 0.427 e. The molecule has 0 aliphatic heterocycles. The standard InChI is InChI=1S/C7H4BrN3O/c8-5-4-11-7(12-5)6-9-2-1-3-10-6/h1-4H. The van der Waals surface area contributed by atoms with Gasteiger partial charge in [-0.1, -0.05) is 0 Å². The summed E-state index contributed by atoms with van der Waals surface area (Å²) in [6.07, 6.45) is 4.84. The van der Waals surface area contributed by atoms with E-state index in [2.05, 4.69) is 30.9 Å². The summed E-state index contributed by atoms with van der Waals surface area (Å²) < 4.78 is 5.72. The van der Waals surface area contributed by atoms with Crippen molar-refractivity contribution in [2.75, 3.05) is 0 Å². The Morgan fingerprint density at radius 1 is 1.17 bits per heavy atom. The SMILES string of the molecule is Brc1cnc(-c2ncccn2)o1. The first-order valence-electron chi connectivity index (χ1n) is 3.25. The molecule has 0 aliphatic carbocycles. The van der Waals surface area contributed by atoms with Crippen molar-refractivity contribution in [3.8, 4) is 11.7 Å². The minimum Gasteiger partial charge on any atom is -0.427 e. The lowest BCUT2D eigenvalue weighted by molar-refractivity contribution is 0.544. The molecular weight excluding hydrogens is 222 g/mol. The van der Waals surface area contributed by atoms with Crippen LogP contribution in [0, 0.1) is 0 Å². The average molecular weight is 226 g/mol. The van der Waals surface area contributed by atoms with Crippen LogP contribution in [0.5, 0.6) is 0 Å². The molecule has 0 fully saturated rings. The first kappa shape index (κ1) is 7.42. The number of oxazole rings is 1. The average Bonchev–Trinajstić information content (AvgIpc) is 2.54. The summed E-state index contributed by atoms with van der Waals surface area (Å²) in [6, 6.07) is 1.74. The van der Waals surface area contributed by atoms with E-state index < -0.39 is 0 Å². The van der Waals surface area contributed by atoms with Crippen LogP contribution in [0.3, 0.4) is 0 Å². The summed E-state index contributed by atoms with van der Waals surface area (Å²) in [5.41, 5.74) is 0. The molecule has 4 nitrogen and oxygen atoms in total. The first-order valence-corrected chi connectivity index (χ1v) is 4.04. The molecule has 0 saturated carbocycles. The quantitative estimate of drug-likeness (QED) is 0.744. The second-order valence-corrected chi connectivity index (χ2v) is 2.82. The predicted molar refractivity (Wildman–Crippen MR) is 45.2 cm³/mol. The lowest BCUT2D eigenvalue weighted by atomic mass is 10.5. The zero-order valence-electron chi connectivity index (χ0n) is 5.94. The second kappa shape index (κ2) is 3.02. The molecule has 2 rings (SSSR count). The smallest absolute Gasteiger partial charge is 0.265 e. The molecule has 0 atom stereocenters. The van der Waals surface area contributed by atoms with E-state index in [1.807, 2.05) is 0 Å². The zero-order valence-corrected chi connectivity index (χ0v) is 7.52. The van der Waals surface area contributed by atoms with Crippen molar-refractivity contribution in [1.82, 2.24) is 15.0 Å². The summed E-state index contributed by atoms with van der Waals surface area (Å²) in [7, 11) is 0. The molecule has 0 aliphatic rings. The molecule has 0 aromatic carbocycles. The molecule has 2 aromatic heterocycles. The molecule has 5 heteroatoms. The molecule has 0 saturated heterocycles. The summed E-state index contributed by atoms with van der Waals surface area (Å²) in [5.74, 6) is 0.908. The Hall–Kier alpha value is -1.23. The molecule has 0 spiro atoms. The van der Waals surface area contributed by atoms with Crippen LogP contribution < -0.4 is 0 Å². The van der Waals surface area contributed by atoms with E-state index in [4.69, 9.17) is 4.42 Å². The number of rotatable bonds is 1. The van der Waals surface area contributed by atoms with E-state index in [1.54, 1.807) is 24.7 Å². The van der Waals surface area contributed by atoms with Crippen molar-refractivity contribution < 1.29 is 4.42 Å². The van der Waals surface area contributed by atoms with E-state index in [9.17, 15) is 0 Å². The Morgan fingerprint density at radius 3 is 2.50 bits per heavy atom. The van der Waals surface area contributed by atoms with Gasteiger partial charge in [-0.2, -0.15) is 0 Å². The highest BCUT2D eigenvalue weighted by atomic mass is 79.9. The van der Waals surface area contributed by atoms with Crippen molar-refractivity contribution in [2.45, 2.75) is 0 Å². The Morgan fingerprint density at radius 2 is 1.92 bits per heavy atom. The van der Waals surface area contributed by atoms with Gasteiger partial charge in [0.15, 0.2) is 4.67 Å². The van der Waals surface area contributed by atoms with E-state index in [1.165, 1.54) is 0 Å². The molecule has 0 unspecified atom stereocenters. The van der Waals surface area contributed by atoms with Gasteiger partial charge in [0.1, 0.15) is 0 Å². The number of hydrogen-bond donors (Lipinski definition) is 0. The summed E-state index contributed by atoms with van der Waals surface area (Å²) in [5, 5.41) is 0. The summed E-state index contributed by atoms with van der Waals surface area (Å²) in [4.78, 5) is 11.9. The number of hydrogen-bond acceptors (Lipinski definition) is 4. The van der Waals surface area contributed by atoms with Gasteiger partial charge in [-0.25, -0.2) is 15.0 Å². The van der Waals surface area contributed by atoms with Crippen molar-refractivity contribution in [3.05, 3.63) is 29.3 Å². The van der Waals surface area contributed by atoms with Gasteiger partial charge in [-0.3, -0.25) is 0 Å². The second-order valence-electron chi connectivity index (χ2n) is 2.04. The van der Waals surface area contributed by atoms with Gasteiger partial charge in [0, 0.05) is 12.4 Å². The summed E-state index contributed by atoms with van der Waals surface area (Å²) >= 11 is 3.14. The first-order chi connectivity index (χ1) is 5.86. The molecule has 12 heavy (non-hydrogen) atoms. The molecule has 2 aromatic rings. The fourth-order valence-corrected chi connectivity index (χ4v) is 1.02. The molecular formula is C7H4BrN3O. The third kappa shape index (κ3) is 1.35. The van der Waals surface area contributed by atoms with Gasteiger partial charge < -0.3 is 4.42 Å². The summed E-state index contributed by atoms with van der Waals surface area (Å²) in [6.45, 7) is 0. The topological polar surface area (TPSA) is 51.8 Å². The van der Waals surface area contributed by atoms with E-state index in [0.717, 1.165) is 0 Å². The minimum atomic E-state index is 0.419. The van der Waals surface area contributed by atoms with Crippen molar-refractivity contribution >= 4 is 15.9 Å². The highest BCUT2D eigenvalue weighted by molar-refractivity contribution is 9.10. The molecule has 0 N–H and O–H groups in total. The molecule has 0 radical (unpaired) electrons. The van der Waals surface area contributed by atoms with Crippen LogP contribution in [0.2, 0.25) is 0 Å². The molecule has 0 amide bonds. The van der Waals surface area contributed by atoms with Crippen molar-refractivity contribution in [2.24, 2.45) is 0 Å². The van der Waals surface area contributed by atoms with E-state index in [-0.39, 0.29) is 0 Å². The maximum Gasteiger partial charge on any atom is 0.265 e. The van der Waals surface area contributed by atoms with Gasteiger partial charge in [0.2, 0.25) is 5.82 Å². The van der Waals surface area contributed by atoms with Gasteiger partial charge in [0.05, 0.1) is 6.20 Å². The molecule has 60 valence electrons. The van der Waals surface area contributed by atoms with E-state index >= 15 is 0 Å². The third-order valence-corrected chi connectivity index (χ3v) is 1.60. The Balaban J connectivity index is 2.45. The lowest BCUT2D eigenvalue weighted by Crippen LogP contribution is -1.85. The van der Waals surface area contributed by atoms with Crippen LogP contribution in [-0.4, -0.2) is 15.0 Å². The van der Waals surface area contributed by atoms with Gasteiger partial charge in [0.25, 0.3) is 5.89 Å². The highest BCUT2D eigenvalue weighted by Crippen LogP contribution is 2.17. The van der Waals surface area contributed by atoms with Gasteiger partial charge in [-0.05, 0) is 22.0 Å². The Kier molecular flexibility index (Phi) is 1.87. The maximum atomic E-state index is 5.15.